The van der Waals surface area contributed by atoms with Crippen molar-refractivity contribution < 1.29 is 4.42 Å². The standard InChI is InChI=1S/C14H21N3O2/c1-4-8(2)5-9(3)16-11-7-12-13(6-10(11)15)19-14(18)17-12/h6-9,16H,4-5,15H2,1-3H3,(H,17,18). The zero-order chi connectivity index (χ0) is 14.0. The Morgan fingerprint density at radius 1 is 1.42 bits per heavy atom. The summed E-state index contributed by atoms with van der Waals surface area (Å²) in [7, 11) is 0. The van der Waals surface area contributed by atoms with Crippen molar-refractivity contribution >= 4 is 22.5 Å². The molecule has 2 rings (SSSR count). The molecule has 2 aromatic rings. The molecule has 0 aliphatic rings. The highest BCUT2D eigenvalue weighted by atomic mass is 16.4. The first-order valence-corrected chi connectivity index (χ1v) is 6.68. The number of oxazole rings is 1. The number of hydrogen-bond donors (Lipinski definition) is 3. The number of nitrogen functional groups attached to an aromatic ring is 1. The molecule has 5 nitrogen and oxygen atoms in total. The molecule has 4 N–H and O–H groups in total. The van der Waals surface area contributed by atoms with Crippen molar-refractivity contribution in [2.75, 3.05) is 11.1 Å². The molecule has 0 fully saturated rings. The van der Waals surface area contributed by atoms with Gasteiger partial charge in [-0.2, -0.15) is 0 Å². The van der Waals surface area contributed by atoms with E-state index in [1.165, 1.54) is 0 Å². The predicted octanol–water partition coefficient (Wildman–Crippen LogP) is 2.94. The fourth-order valence-corrected chi connectivity index (χ4v) is 2.23. The summed E-state index contributed by atoms with van der Waals surface area (Å²) in [6.45, 7) is 6.56. The average Bonchev–Trinajstić information content (AvgIpc) is 2.68. The molecule has 0 spiro atoms. The monoisotopic (exact) mass is 263 g/mol. The maximum absolute atomic E-state index is 11.1. The molecule has 1 aromatic carbocycles. The minimum atomic E-state index is -0.459. The SMILES string of the molecule is CCC(C)CC(C)Nc1cc2[nH]c(=O)oc2cc1N. The van der Waals surface area contributed by atoms with Crippen LogP contribution in [-0.4, -0.2) is 11.0 Å². The van der Waals surface area contributed by atoms with Crippen molar-refractivity contribution in [1.82, 2.24) is 4.98 Å². The van der Waals surface area contributed by atoms with Crippen LogP contribution in [0.2, 0.25) is 0 Å². The summed E-state index contributed by atoms with van der Waals surface area (Å²) >= 11 is 0. The molecular weight excluding hydrogens is 242 g/mol. The number of aromatic nitrogens is 1. The van der Waals surface area contributed by atoms with Crippen LogP contribution in [0.4, 0.5) is 11.4 Å². The second-order valence-corrected chi connectivity index (χ2v) is 5.24. The second-order valence-electron chi connectivity index (χ2n) is 5.24. The van der Waals surface area contributed by atoms with Crippen LogP contribution in [0, 0.1) is 5.92 Å². The van der Waals surface area contributed by atoms with E-state index in [2.05, 4.69) is 31.1 Å². The van der Waals surface area contributed by atoms with E-state index in [9.17, 15) is 4.79 Å². The summed E-state index contributed by atoms with van der Waals surface area (Å²) < 4.78 is 4.97. The van der Waals surface area contributed by atoms with Crippen LogP contribution >= 0.6 is 0 Å². The Labute approximate surface area is 112 Å². The van der Waals surface area contributed by atoms with Crippen LogP contribution in [0.1, 0.15) is 33.6 Å². The minimum absolute atomic E-state index is 0.327. The normalized spacial score (nSPS) is 14.5. The number of nitrogens with one attached hydrogen (secondary N) is 2. The van der Waals surface area contributed by atoms with Crippen LogP contribution in [-0.2, 0) is 0 Å². The van der Waals surface area contributed by atoms with Crippen molar-refractivity contribution in [2.24, 2.45) is 5.92 Å². The molecule has 0 saturated carbocycles. The van der Waals surface area contributed by atoms with E-state index in [-0.39, 0.29) is 0 Å². The summed E-state index contributed by atoms with van der Waals surface area (Å²) in [5, 5.41) is 3.39. The van der Waals surface area contributed by atoms with Crippen molar-refractivity contribution in [2.45, 2.75) is 39.7 Å². The minimum Gasteiger partial charge on any atom is -0.408 e. The third-order valence-corrected chi connectivity index (χ3v) is 3.45. The maximum Gasteiger partial charge on any atom is 0.417 e. The van der Waals surface area contributed by atoms with Gasteiger partial charge in [-0.1, -0.05) is 20.3 Å². The molecule has 5 heteroatoms. The van der Waals surface area contributed by atoms with E-state index < -0.39 is 5.76 Å². The summed E-state index contributed by atoms with van der Waals surface area (Å²) in [5.74, 6) is 0.209. The lowest BCUT2D eigenvalue weighted by molar-refractivity contribution is 0.484. The van der Waals surface area contributed by atoms with E-state index in [0.29, 0.717) is 28.7 Å². The van der Waals surface area contributed by atoms with Gasteiger partial charge >= 0.3 is 5.76 Å². The van der Waals surface area contributed by atoms with Gasteiger partial charge in [0.25, 0.3) is 0 Å². The van der Waals surface area contributed by atoms with Crippen molar-refractivity contribution in [3.05, 3.63) is 22.7 Å². The van der Waals surface area contributed by atoms with Crippen LogP contribution in [0.25, 0.3) is 11.1 Å². The quantitative estimate of drug-likeness (QED) is 0.724. The van der Waals surface area contributed by atoms with Gasteiger partial charge in [0.15, 0.2) is 5.58 Å². The third-order valence-electron chi connectivity index (χ3n) is 3.45. The number of aromatic amines is 1. The molecule has 0 amide bonds. The van der Waals surface area contributed by atoms with E-state index in [4.69, 9.17) is 10.2 Å². The van der Waals surface area contributed by atoms with Gasteiger partial charge < -0.3 is 15.5 Å². The number of hydrogen-bond acceptors (Lipinski definition) is 4. The molecule has 1 heterocycles. The lowest BCUT2D eigenvalue weighted by Gasteiger charge is -2.19. The van der Waals surface area contributed by atoms with Crippen LogP contribution in [0.15, 0.2) is 21.3 Å². The summed E-state index contributed by atoms with van der Waals surface area (Å²) in [5.41, 5.74) is 8.54. The molecule has 0 bridgehead atoms. The van der Waals surface area contributed by atoms with E-state index >= 15 is 0 Å². The molecule has 104 valence electrons. The first kappa shape index (κ1) is 13.5. The highest BCUT2D eigenvalue weighted by molar-refractivity contribution is 5.85. The Morgan fingerprint density at radius 2 is 2.16 bits per heavy atom. The molecule has 0 saturated heterocycles. The van der Waals surface area contributed by atoms with Gasteiger partial charge in [0, 0.05) is 12.1 Å². The van der Waals surface area contributed by atoms with Crippen LogP contribution in [0.5, 0.6) is 0 Å². The lowest BCUT2D eigenvalue weighted by atomic mass is 10.00. The highest BCUT2D eigenvalue weighted by Gasteiger charge is 2.11. The molecule has 1 aromatic heterocycles. The summed E-state index contributed by atoms with van der Waals surface area (Å²) in [6, 6.07) is 3.82. The largest absolute Gasteiger partial charge is 0.417 e. The number of fused-ring (bicyclic) bond motifs is 1. The van der Waals surface area contributed by atoms with Gasteiger partial charge in [0.1, 0.15) is 0 Å². The Hall–Kier alpha value is -1.91. The molecule has 0 aliphatic carbocycles. The highest BCUT2D eigenvalue weighted by Crippen LogP contribution is 2.26. The molecule has 19 heavy (non-hydrogen) atoms. The van der Waals surface area contributed by atoms with Crippen molar-refractivity contribution in [3.63, 3.8) is 0 Å². The topological polar surface area (TPSA) is 84.0 Å². The van der Waals surface area contributed by atoms with Crippen LogP contribution in [0.3, 0.4) is 0 Å². The predicted molar refractivity (Wildman–Crippen MR) is 78.4 cm³/mol. The Morgan fingerprint density at radius 3 is 2.84 bits per heavy atom. The lowest BCUT2D eigenvalue weighted by Crippen LogP contribution is -2.19. The Kier molecular flexibility index (Phi) is 3.83. The second kappa shape index (κ2) is 5.38. The van der Waals surface area contributed by atoms with Gasteiger partial charge in [0.2, 0.25) is 0 Å². The molecular formula is C14H21N3O2. The first-order chi connectivity index (χ1) is 8.99. The first-order valence-electron chi connectivity index (χ1n) is 6.68. The average molecular weight is 263 g/mol. The maximum atomic E-state index is 11.1. The summed E-state index contributed by atoms with van der Waals surface area (Å²) in [6.07, 6.45) is 2.24. The number of H-pyrrole nitrogens is 1. The van der Waals surface area contributed by atoms with Gasteiger partial charge in [-0.05, 0) is 25.3 Å². The molecule has 2 atom stereocenters. The van der Waals surface area contributed by atoms with E-state index in [0.717, 1.165) is 18.5 Å². The smallest absolute Gasteiger partial charge is 0.408 e. The number of benzene rings is 1. The third kappa shape index (κ3) is 3.10. The van der Waals surface area contributed by atoms with Gasteiger partial charge in [-0.25, -0.2) is 4.79 Å². The Bertz CT molecular complexity index is 615. The molecule has 0 radical (unpaired) electrons. The van der Waals surface area contributed by atoms with E-state index in [1.54, 1.807) is 6.07 Å². The number of nitrogens with two attached hydrogens (primary N) is 1. The van der Waals surface area contributed by atoms with E-state index in [1.807, 2.05) is 6.07 Å². The van der Waals surface area contributed by atoms with Crippen molar-refractivity contribution in [3.8, 4) is 0 Å². The van der Waals surface area contributed by atoms with Crippen molar-refractivity contribution in [1.29, 1.82) is 0 Å². The summed E-state index contributed by atoms with van der Waals surface area (Å²) in [4.78, 5) is 13.8. The van der Waals surface area contributed by atoms with Gasteiger partial charge in [0.05, 0.1) is 16.9 Å². The fourth-order valence-electron chi connectivity index (χ4n) is 2.23. The van der Waals surface area contributed by atoms with Gasteiger partial charge in [-0.15, -0.1) is 0 Å². The number of anilines is 2. The molecule has 0 aliphatic heterocycles. The zero-order valence-corrected chi connectivity index (χ0v) is 11.6. The van der Waals surface area contributed by atoms with Gasteiger partial charge in [-0.3, -0.25) is 4.98 Å². The van der Waals surface area contributed by atoms with Crippen LogP contribution < -0.4 is 16.8 Å². The molecule has 2 unspecified atom stereocenters. The number of rotatable bonds is 5. The fraction of sp³-hybridized carbons (Fsp3) is 0.500. The zero-order valence-electron chi connectivity index (χ0n) is 11.6. The Balaban J connectivity index is 2.20.